The number of halogens is 2. The molecule has 2 rings (SSSR count). The standard InChI is InChI=1S/C12H11BrFNS/c13-12-5-11(14)2-1-10(12)7-15-6-9-3-4-16-8-9/h1-5,8,15H,6-7H2. The van der Waals surface area contributed by atoms with Gasteiger partial charge in [-0.3, -0.25) is 0 Å². The minimum Gasteiger partial charge on any atom is -0.309 e. The van der Waals surface area contributed by atoms with Gasteiger partial charge in [-0.05, 0) is 40.1 Å². The van der Waals surface area contributed by atoms with Crippen molar-refractivity contribution in [1.82, 2.24) is 5.32 Å². The smallest absolute Gasteiger partial charge is 0.124 e. The normalized spacial score (nSPS) is 10.6. The van der Waals surface area contributed by atoms with Crippen LogP contribution < -0.4 is 5.32 Å². The van der Waals surface area contributed by atoms with Crippen molar-refractivity contribution >= 4 is 27.3 Å². The Kier molecular flexibility index (Phi) is 4.09. The highest BCUT2D eigenvalue weighted by atomic mass is 79.9. The molecule has 1 aromatic heterocycles. The van der Waals surface area contributed by atoms with Gasteiger partial charge in [0.25, 0.3) is 0 Å². The van der Waals surface area contributed by atoms with Gasteiger partial charge in [0.15, 0.2) is 0 Å². The van der Waals surface area contributed by atoms with Crippen molar-refractivity contribution in [2.24, 2.45) is 0 Å². The Hall–Kier alpha value is -0.710. The molecule has 0 atom stereocenters. The van der Waals surface area contributed by atoms with Gasteiger partial charge in [0, 0.05) is 17.6 Å². The van der Waals surface area contributed by atoms with Crippen LogP contribution in [0, 0.1) is 5.82 Å². The van der Waals surface area contributed by atoms with Crippen molar-refractivity contribution < 1.29 is 4.39 Å². The molecule has 0 unspecified atom stereocenters. The number of hydrogen-bond donors (Lipinski definition) is 1. The molecule has 0 bridgehead atoms. The summed E-state index contributed by atoms with van der Waals surface area (Å²) >= 11 is 5.04. The largest absolute Gasteiger partial charge is 0.309 e. The van der Waals surface area contributed by atoms with Gasteiger partial charge < -0.3 is 5.32 Å². The summed E-state index contributed by atoms with van der Waals surface area (Å²) in [5.74, 6) is -0.214. The highest BCUT2D eigenvalue weighted by Gasteiger charge is 2.01. The molecular weight excluding hydrogens is 289 g/mol. The summed E-state index contributed by atoms with van der Waals surface area (Å²) < 4.78 is 13.7. The zero-order valence-electron chi connectivity index (χ0n) is 8.54. The molecule has 0 aliphatic carbocycles. The maximum atomic E-state index is 12.8. The zero-order valence-corrected chi connectivity index (χ0v) is 10.9. The fraction of sp³-hybridized carbons (Fsp3) is 0.167. The molecular formula is C12H11BrFNS. The topological polar surface area (TPSA) is 12.0 Å². The van der Waals surface area contributed by atoms with E-state index in [1.807, 2.05) is 0 Å². The van der Waals surface area contributed by atoms with Crippen molar-refractivity contribution in [3.05, 3.63) is 56.4 Å². The molecule has 0 saturated carbocycles. The minimum atomic E-state index is -0.214. The van der Waals surface area contributed by atoms with Crippen LogP contribution in [0.25, 0.3) is 0 Å². The average Bonchev–Trinajstić information content (AvgIpc) is 2.74. The van der Waals surface area contributed by atoms with Crippen LogP contribution in [0.4, 0.5) is 4.39 Å². The average molecular weight is 300 g/mol. The fourth-order valence-corrected chi connectivity index (χ4v) is 2.56. The van der Waals surface area contributed by atoms with Crippen LogP contribution in [0.2, 0.25) is 0 Å². The van der Waals surface area contributed by atoms with Crippen LogP contribution in [0.3, 0.4) is 0 Å². The molecule has 1 aromatic carbocycles. The highest BCUT2D eigenvalue weighted by Crippen LogP contribution is 2.17. The number of rotatable bonds is 4. The number of hydrogen-bond acceptors (Lipinski definition) is 2. The summed E-state index contributed by atoms with van der Waals surface area (Å²) in [5.41, 5.74) is 2.35. The van der Waals surface area contributed by atoms with E-state index in [9.17, 15) is 4.39 Å². The van der Waals surface area contributed by atoms with E-state index in [1.165, 1.54) is 17.7 Å². The maximum absolute atomic E-state index is 12.8. The third kappa shape index (κ3) is 3.14. The van der Waals surface area contributed by atoms with E-state index >= 15 is 0 Å². The Morgan fingerprint density at radius 1 is 1.25 bits per heavy atom. The monoisotopic (exact) mass is 299 g/mol. The molecule has 0 amide bonds. The van der Waals surface area contributed by atoms with E-state index in [2.05, 4.69) is 38.1 Å². The SMILES string of the molecule is Fc1ccc(CNCc2ccsc2)c(Br)c1. The van der Waals surface area contributed by atoms with Gasteiger partial charge in [0.1, 0.15) is 5.82 Å². The molecule has 0 aliphatic heterocycles. The molecule has 0 aliphatic rings. The summed E-state index contributed by atoms with van der Waals surface area (Å²) in [5, 5.41) is 7.50. The van der Waals surface area contributed by atoms with Gasteiger partial charge in [-0.15, -0.1) is 0 Å². The number of thiophene rings is 1. The van der Waals surface area contributed by atoms with Crippen LogP contribution in [0.1, 0.15) is 11.1 Å². The van der Waals surface area contributed by atoms with Gasteiger partial charge in [0.2, 0.25) is 0 Å². The Bertz CT molecular complexity index is 456. The molecule has 0 saturated heterocycles. The molecule has 4 heteroatoms. The van der Waals surface area contributed by atoms with Crippen LogP contribution in [0.5, 0.6) is 0 Å². The molecule has 1 nitrogen and oxygen atoms in total. The lowest BCUT2D eigenvalue weighted by Crippen LogP contribution is -2.12. The van der Waals surface area contributed by atoms with Gasteiger partial charge in [-0.2, -0.15) is 11.3 Å². The molecule has 2 aromatic rings. The molecule has 16 heavy (non-hydrogen) atoms. The first-order chi connectivity index (χ1) is 7.75. The van der Waals surface area contributed by atoms with Crippen molar-refractivity contribution in [3.63, 3.8) is 0 Å². The van der Waals surface area contributed by atoms with Crippen LogP contribution >= 0.6 is 27.3 Å². The summed E-state index contributed by atoms with van der Waals surface area (Å²) in [6.07, 6.45) is 0. The van der Waals surface area contributed by atoms with E-state index in [-0.39, 0.29) is 5.82 Å². The Labute approximate surface area is 106 Å². The summed E-state index contributed by atoms with van der Waals surface area (Å²) in [7, 11) is 0. The predicted octanol–water partition coefficient (Wildman–Crippen LogP) is 3.94. The Morgan fingerprint density at radius 2 is 2.12 bits per heavy atom. The van der Waals surface area contributed by atoms with E-state index < -0.39 is 0 Å². The van der Waals surface area contributed by atoms with E-state index in [0.717, 1.165) is 23.1 Å². The first-order valence-corrected chi connectivity index (χ1v) is 6.65. The van der Waals surface area contributed by atoms with Crippen molar-refractivity contribution in [2.75, 3.05) is 0 Å². The molecule has 0 fully saturated rings. The van der Waals surface area contributed by atoms with Gasteiger partial charge in [0.05, 0.1) is 0 Å². The van der Waals surface area contributed by atoms with Crippen LogP contribution in [-0.4, -0.2) is 0 Å². The van der Waals surface area contributed by atoms with Crippen LogP contribution in [0.15, 0.2) is 39.5 Å². The van der Waals surface area contributed by atoms with E-state index in [1.54, 1.807) is 17.4 Å². The summed E-state index contributed by atoms with van der Waals surface area (Å²) in [4.78, 5) is 0. The second-order valence-electron chi connectivity index (χ2n) is 3.47. The summed E-state index contributed by atoms with van der Waals surface area (Å²) in [6, 6.07) is 6.85. The lowest BCUT2D eigenvalue weighted by molar-refractivity contribution is 0.623. The molecule has 0 spiro atoms. The first kappa shape index (κ1) is 11.8. The fourth-order valence-electron chi connectivity index (χ4n) is 1.40. The molecule has 0 radical (unpaired) electrons. The quantitative estimate of drug-likeness (QED) is 0.902. The maximum Gasteiger partial charge on any atom is 0.124 e. The molecule has 84 valence electrons. The first-order valence-electron chi connectivity index (χ1n) is 4.91. The predicted molar refractivity (Wildman–Crippen MR) is 69.0 cm³/mol. The zero-order chi connectivity index (χ0) is 11.4. The number of nitrogens with one attached hydrogen (secondary N) is 1. The highest BCUT2D eigenvalue weighted by molar-refractivity contribution is 9.10. The number of benzene rings is 1. The van der Waals surface area contributed by atoms with Gasteiger partial charge in [-0.1, -0.05) is 22.0 Å². The van der Waals surface area contributed by atoms with Gasteiger partial charge >= 0.3 is 0 Å². The summed E-state index contributed by atoms with van der Waals surface area (Å²) in [6.45, 7) is 1.57. The third-order valence-electron chi connectivity index (χ3n) is 2.24. The second-order valence-corrected chi connectivity index (χ2v) is 5.11. The van der Waals surface area contributed by atoms with Crippen molar-refractivity contribution in [3.8, 4) is 0 Å². The third-order valence-corrected chi connectivity index (χ3v) is 3.71. The lowest BCUT2D eigenvalue weighted by Gasteiger charge is -2.06. The second kappa shape index (κ2) is 5.57. The van der Waals surface area contributed by atoms with Gasteiger partial charge in [-0.25, -0.2) is 4.39 Å². The Balaban J connectivity index is 1.90. The van der Waals surface area contributed by atoms with Crippen molar-refractivity contribution in [2.45, 2.75) is 13.1 Å². The Morgan fingerprint density at radius 3 is 2.81 bits per heavy atom. The minimum absolute atomic E-state index is 0.214. The van der Waals surface area contributed by atoms with Crippen molar-refractivity contribution in [1.29, 1.82) is 0 Å². The van der Waals surface area contributed by atoms with E-state index in [0.29, 0.717) is 0 Å². The lowest BCUT2D eigenvalue weighted by atomic mass is 10.2. The van der Waals surface area contributed by atoms with E-state index in [4.69, 9.17) is 0 Å². The molecule has 1 heterocycles. The molecule has 1 N–H and O–H groups in total. The van der Waals surface area contributed by atoms with Crippen LogP contribution in [-0.2, 0) is 13.1 Å².